The molecule has 0 saturated heterocycles. The quantitative estimate of drug-likeness (QED) is 0.283. The Bertz CT molecular complexity index is 456. The summed E-state index contributed by atoms with van der Waals surface area (Å²) >= 11 is 0. The topological polar surface area (TPSA) is 55.8 Å². The van der Waals surface area contributed by atoms with Crippen molar-refractivity contribution >= 4 is 7.82 Å². The molecule has 0 aliphatic heterocycles. The monoisotopic (exact) mass is 390 g/mol. The van der Waals surface area contributed by atoms with Crippen molar-refractivity contribution < 1.29 is 80.5 Å². The molecule has 0 spiro atoms. The molecule has 1 atom stereocenters. The van der Waals surface area contributed by atoms with Crippen LogP contribution in [-0.4, -0.2) is 11.5 Å². The number of hydrogen-bond acceptors (Lipinski definition) is 3. The fourth-order valence-electron chi connectivity index (χ4n) is 2.41. The van der Waals surface area contributed by atoms with Crippen molar-refractivity contribution in [3.63, 3.8) is 0 Å². The van der Waals surface area contributed by atoms with Crippen molar-refractivity contribution in [2.24, 2.45) is 0 Å². The van der Waals surface area contributed by atoms with E-state index < -0.39 is 7.82 Å². The van der Waals surface area contributed by atoms with Crippen LogP contribution < -0.4 is 63.6 Å². The summed E-state index contributed by atoms with van der Waals surface area (Å²) in [6.07, 6.45) is 12.2. The standard InChI is InChI=1S/C18H31O4P.2Na.2H/c1-2-3-4-5-6-7-8-9-10-14-17-21-23(19,20)22-18-15-12-11-13-16-18;;;;/h11-13,15-16H,2-10,14,17H2,1H3,(H,19,20);;;;/q;2*+1;2*-1. The third-order valence-corrected chi connectivity index (χ3v) is 4.67. The van der Waals surface area contributed by atoms with Crippen LogP contribution in [-0.2, 0) is 9.09 Å². The Kier molecular flexibility index (Phi) is 21.0. The molecule has 1 rings (SSSR count). The minimum atomic E-state index is -3.99. The van der Waals surface area contributed by atoms with E-state index in [0.29, 0.717) is 5.75 Å². The smallest absolute Gasteiger partial charge is 1.00 e. The Hall–Kier alpha value is 1.17. The summed E-state index contributed by atoms with van der Waals surface area (Å²) in [5.41, 5.74) is 0. The number of rotatable bonds is 14. The van der Waals surface area contributed by atoms with Crippen LogP contribution in [0.1, 0.15) is 74.0 Å². The molecule has 0 aliphatic rings. The third-order valence-electron chi connectivity index (χ3n) is 3.72. The van der Waals surface area contributed by atoms with E-state index in [1.807, 2.05) is 6.07 Å². The molecule has 1 aromatic carbocycles. The second-order valence-corrected chi connectivity index (χ2v) is 7.27. The molecule has 0 amide bonds. The third kappa shape index (κ3) is 17.0. The van der Waals surface area contributed by atoms with Crippen LogP contribution in [0.3, 0.4) is 0 Å². The van der Waals surface area contributed by atoms with Gasteiger partial charge in [0.05, 0.1) is 6.61 Å². The van der Waals surface area contributed by atoms with E-state index in [2.05, 4.69) is 6.92 Å². The zero-order valence-corrected chi connectivity index (χ0v) is 21.2. The first kappa shape index (κ1) is 28.4. The predicted octanol–water partition coefficient (Wildman–Crippen LogP) is 0.336. The maximum Gasteiger partial charge on any atom is 1.00 e. The van der Waals surface area contributed by atoms with Crippen LogP contribution in [0.4, 0.5) is 0 Å². The van der Waals surface area contributed by atoms with Crippen molar-refractivity contribution in [1.29, 1.82) is 0 Å². The summed E-state index contributed by atoms with van der Waals surface area (Å²) in [5.74, 6) is 0.349. The Morgan fingerprint density at radius 2 is 1.36 bits per heavy atom. The van der Waals surface area contributed by atoms with Gasteiger partial charge >= 0.3 is 66.9 Å². The number of hydrogen-bond donors (Lipinski definition) is 1. The summed E-state index contributed by atoms with van der Waals surface area (Å²) in [6, 6.07) is 8.58. The fraction of sp³-hybridized carbons (Fsp3) is 0.667. The number of phosphoric ester groups is 1. The maximum absolute atomic E-state index is 11.8. The normalized spacial score (nSPS) is 12.6. The van der Waals surface area contributed by atoms with Crippen LogP contribution in [0.2, 0.25) is 0 Å². The Balaban J connectivity index is -0.000000661. The first-order chi connectivity index (χ1) is 11.1. The molecule has 0 fully saturated rings. The van der Waals surface area contributed by atoms with Crippen molar-refractivity contribution in [1.82, 2.24) is 0 Å². The fourth-order valence-corrected chi connectivity index (χ4v) is 3.21. The molecule has 0 radical (unpaired) electrons. The molecule has 0 bridgehead atoms. The SMILES string of the molecule is CCCCCCCCCCCCOP(=O)(O)Oc1ccccc1.[H-].[H-].[Na+].[Na+]. The van der Waals surface area contributed by atoms with Gasteiger partial charge in [-0.25, -0.2) is 4.57 Å². The van der Waals surface area contributed by atoms with E-state index in [1.54, 1.807) is 24.3 Å². The molecular formula is C18H33Na2O4P. The number of benzene rings is 1. The Morgan fingerprint density at radius 3 is 1.88 bits per heavy atom. The Labute approximate surface area is 200 Å². The van der Waals surface area contributed by atoms with Crippen LogP contribution in [0.25, 0.3) is 0 Å². The maximum atomic E-state index is 11.8. The zero-order chi connectivity index (χ0) is 16.8. The summed E-state index contributed by atoms with van der Waals surface area (Å²) in [4.78, 5) is 9.62. The van der Waals surface area contributed by atoms with Gasteiger partial charge < -0.3 is 7.38 Å². The molecule has 0 aliphatic carbocycles. The molecule has 136 valence electrons. The van der Waals surface area contributed by atoms with Gasteiger partial charge in [-0.1, -0.05) is 82.9 Å². The van der Waals surface area contributed by atoms with E-state index >= 15 is 0 Å². The minimum Gasteiger partial charge on any atom is -1.00 e. The van der Waals surface area contributed by atoms with Gasteiger partial charge in [0.1, 0.15) is 5.75 Å². The second-order valence-electron chi connectivity index (χ2n) is 5.89. The summed E-state index contributed by atoms with van der Waals surface area (Å²) in [7, 11) is -3.99. The zero-order valence-electron chi connectivity index (χ0n) is 18.3. The summed E-state index contributed by atoms with van der Waals surface area (Å²) in [5, 5.41) is 0. The summed E-state index contributed by atoms with van der Waals surface area (Å²) in [6.45, 7) is 2.50. The van der Waals surface area contributed by atoms with E-state index in [9.17, 15) is 9.46 Å². The average molecular weight is 390 g/mol. The molecule has 25 heavy (non-hydrogen) atoms. The van der Waals surface area contributed by atoms with Gasteiger partial charge in [0.25, 0.3) is 0 Å². The predicted molar refractivity (Wildman–Crippen MR) is 96.9 cm³/mol. The summed E-state index contributed by atoms with van der Waals surface area (Å²) < 4.78 is 21.7. The number of para-hydroxylation sites is 1. The van der Waals surface area contributed by atoms with E-state index in [4.69, 9.17) is 9.05 Å². The van der Waals surface area contributed by atoms with Crippen LogP contribution in [0.15, 0.2) is 30.3 Å². The van der Waals surface area contributed by atoms with E-state index in [-0.39, 0.29) is 68.6 Å². The molecule has 1 N–H and O–H groups in total. The molecule has 4 nitrogen and oxygen atoms in total. The van der Waals surface area contributed by atoms with Crippen molar-refractivity contribution in [2.45, 2.75) is 71.1 Å². The molecule has 7 heteroatoms. The van der Waals surface area contributed by atoms with Crippen LogP contribution in [0.5, 0.6) is 5.75 Å². The van der Waals surface area contributed by atoms with E-state index in [0.717, 1.165) is 19.3 Å². The largest absolute Gasteiger partial charge is 1.00 e. The molecular weight excluding hydrogens is 357 g/mol. The second kappa shape index (κ2) is 18.5. The molecule has 1 unspecified atom stereocenters. The van der Waals surface area contributed by atoms with Gasteiger partial charge in [-0.3, -0.25) is 9.42 Å². The van der Waals surface area contributed by atoms with Gasteiger partial charge in [0.2, 0.25) is 0 Å². The molecule has 1 aromatic rings. The van der Waals surface area contributed by atoms with Gasteiger partial charge in [0, 0.05) is 0 Å². The first-order valence-electron chi connectivity index (χ1n) is 8.86. The van der Waals surface area contributed by atoms with Gasteiger partial charge in [-0.2, -0.15) is 0 Å². The minimum absolute atomic E-state index is 0. The molecule has 0 aromatic heterocycles. The van der Waals surface area contributed by atoms with Crippen molar-refractivity contribution in [3.8, 4) is 5.75 Å². The van der Waals surface area contributed by atoms with Crippen LogP contribution in [0, 0.1) is 0 Å². The van der Waals surface area contributed by atoms with E-state index in [1.165, 1.54) is 44.9 Å². The first-order valence-corrected chi connectivity index (χ1v) is 10.4. The van der Waals surface area contributed by atoms with Crippen LogP contribution >= 0.6 is 7.82 Å². The van der Waals surface area contributed by atoms with Gasteiger partial charge in [0.15, 0.2) is 0 Å². The molecule has 0 heterocycles. The molecule has 0 saturated carbocycles. The number of phosphoric acid groups is 1. The average Bonchev–Trinajstić information content (AvgIpc) is 2.53. The number of unbranched alkanes of at least 4 members (excludes halogenated alkanes) is 9. The van der Waals surface area contributed by atoms with Crippen molar-refractivity contribution in [2.75, 3.05) is 6.61 Å². The Morgan fingerprint density at radius 1 is 0.880 bits per heavy atom. The van der Waals surface area contributed by atoms with Crippen molar-refractivity contribution in [3.05, 3.63) is 30.3 Å². The van der Waals surface area contributed by atoms with Gasteiger partial charge in [-0.15, -0.1) is 0 Å². The van der Waals surface area contributed by atoms with Gasteiger partial charge in [-0.05, 0) is 18.6 Å².